The number of hydrogen-bond donors (Lipinski definition) is 1. The Morgan fingerprint density at radius 1 is 1.06 bits per heavy atom. The normalized spacial score (nSPS) is 25.6. The van der Waals surface area contributed by atoms with Gasteiger partial charge in [-0.25, -0.2) is 0 Å². The topological polar surface area (TPSA) is 24.9 Å². The molecule has 1 aliphatic rings. The molecule has 0 atom stereocenters. The van der Waals surface area contributed by atoms with E-state index in [1.54, 1.807) is 0 Å². The van der Waals surface area contributed by atoms with Crippen LogP contribution in [-0.4, -0.2) is 11.0 Å². The predicted molar refractivity (Wildman–Crippen MR) is 73.1 cm³/mol. The average Bonchev–Trinajstić information content (AvgIpc) is 2.30. The first-order chi connectivity index (χ1) is 8.05. The highest BCUT2D eigenvalue weighted by atomic mass is 14.9. The third-order valence-electron chi connectivity index (χ3n) is 4.00. The van der Waals surface area contributed by atoms with Crippen molar-refractivity contribution >= 4 is 5.69 Å². The van der Waals surface area contributed by atoms with Gasteiger partial charge in [0.25, 0.3) is 0 Å². The molecule has 0 unspecified atom stereocenters. The van der Waals surface area contributed by atoms with Crippen molar-refractivity contribution in [2.75, 3.05) is 5.32 Å². The van der Waals surface area contributed by atoms with Crippen molar-refractivity contribution in [2.24, 2.45) is 11.3 Å². The van der Waals surface area contributed by atoms with Gasteiger partial charge in [0.15, 0.2) is 0 Å². The van der Waals surface area contributed by atoms with Crippen molar-refractivity contribution in [1.29, 1.82) is 0 Å². The fourth-order valence-electron chi connectivity index (χ4n) is 2.79. The molecule has 0 aliphatic heterocycles. The Balaban J connectivity index is 1.84. The molecule has 2 nitrogen and oxygen atoms in total. The van der Waals surface area contributed by atoms with Gasteiger partial charge < -0.3 is 5.32 Å². The summed E-state index contributed by atoms with van der Waals surface area (Å²) in [6, 6.07) is 4.75. The molecule has 1 N–H and O–H groups in total. The second-order valence-corrected chi connectivity index (χ2v) is 6.29. The highest BCUT2D eigenvalue weighted by molar-refractivity contribution is 5.41. The standard InChI is InChI=1S/C15H24N2/c1-15(2,3)12-4-6-13(7-5-12)17-14-8-10-16-11-9-14/h8-13H,4-7H2,1-3H3,(H,16,17)/t12-,13+. The third kappa shape index (κ3) is 3.45. The third-order valence-corrected chi connectivity index (χ3v) is 4.00. The number of aromatic nitrogens is 1. The molecule has 1 aromatic rings. The lowest BCUT2D eigenvalue weighted by Crippen LogP contribution is -2.31. The summed E-state index contributed by atoms with van der Waals surface area (Å²) in [4.78, 5) is 4.04. The Kier molecular flexibility index (Phi) is 3.70. The van der Waals surface area contributed by atoms with Crippen LogP contribution >= 0.6 is 0 Å². The first-order valence-corrected chi connectivity index (χ1v) is 6.72. The van der Waals surface area contributed by atoms with Gasteiger partial charge >= 0.3 is 0 Å². The maximum Gasteiger partial charge on any atom is 0.0373 e. The zero-order valence-corrected chi connectivity index (χ0v) is 11.2. The van der Waals surface area contributed by atoms with Crippen LogP contribution < -0.4 is 5.32 Å². The van der Waals surface area contributed by atoms with Crippen LogP contribution in [0.3, 0.4) is 0 Å². The summed E-state index contributed by atoms with van der Waals surface area (Å²) in [7, 11) is 0. The van der Waals surface area contributed by atoms with Crippen molar-refractivity contribution in [1.82, 2.24) is 4.98 Å². The van der Waals surface area contributed by atoms with Crippen molar-refractivity contribution < 1.29 is 0 Å². The van der Waals surface area contributed by atoms with Crippen molar-refractivity contribution in [2.45, 2.75) is 52.5 Å². The Hall–Kier alpha value is -1.05. The van der Waals surface area contributed by atoms with Crippen LogP contribution in [-0.2, 0) is 0 Å². The van der Waals surface area contributed by atoms with Gasteiger partial charge in [0.05, 0.1) is 0 Å². The Morgan fingerprint density at radius 3 is 2.18 bits per heavy atom. The molecule has 0 amide bonds. The van der Waals surface area contributed by atoms with E-state index >= 15 is 0 Å². The second kappa shape index (κ2) is 5.07. The molecular formula is C15H24N2. The molecule has 2 heteroatoms. The van der Waals surface area contributed by atoms with Crippen LogP contribution in [0.2, 0.25) is 0 Å². The second-order valence-electron chi connectivity index (χ2n) is 6.29. The molecule has 1 aromatic heterocycles. The van der Waals surface area contributed by atoms with Crippen molar-refractivity contribution in [3.05, 3.63) is 24.5 Å². The molecule has 2 rings (SSSR count). The number of pyridine rings is 1. The van der Waals surface area contributed by atoms with E-state index in [9.17, 15) is 0 Å². The summed E-state index contributed by atoms with van der Waals surface area (Å²) in [6.45, 7) is 7.11. The zero-order chi connectivity index (χ0) is 12.3. The van der Waals surface area contributed by atoms with E-state index in [1.165, 1.54) is 31.4 Å². The van der Waals surface area contributed by atoms with Gasteiger partial charge in [-0.3, -0.25) is 4.98 Å². The van der Waals surface area contributed by atoms with Crippen LogP contribution in [0.15, 0.2) is 24.5 Å². The molecular weight excluding hydrogens is 208 g/mol. The predicted octanol–water partition coefficient (Wildman–Crippen LogP) is 4.10. The Labute approximate surface area is 105 Å². The zero-order valence-electron chi connectivity index (χ0n) is 11.2. The van der Waals surface area contributed by atoms with E-state index in [-0.39, 0.29) is 0 Å². The maximum absolute atomic E-state index is 4.04. The lowest BCUT2D eigenvalue weighted by atomic mass is 9.71. The van der Waals surface area contributed by atoms with Crippen LogP contribution in [0, 0.1) is 11.3 Å². The fraction of sp³-hybridized carbons (Fsp3) is 0.667. The van der Waals surface area contributed by atoms with Crippen LogP contribution in [0.25, 0.3) is 0 Å². The molecule has 1 heterocycles. The SMILES string of the molecule is CC(C)(C)[C@H]1CC[C@@H](Nc2ccncc2)CC1. The molecule has 1 aliphatic carbocycles. The van der Waals surface area contributed by atoms with E-state index in [2.05, 4.69) is 43.2 Å². The van der Waals surface area contributed by atoms with Gasteiger partial charge in [-0.15, -0.1) is 0 Å². The quantitative estimate of drug-likeness (QED) is 0.830. The summed E-state index contributed by atoms with van der Waals surface area (Å²) >= 11 is 0. The molecule has 0 bridgehead atoms. The lowest BCUT2D eigenvalue weighted by molar-refractivity contribution is 0.173. The minimum Gasteiger partial charge on any atom is -0.382 e. The summed E-state index contributed by atoms with van der Waals surface area (Å²) in [6.07, 6.45) is 9.00. The number of hydrogen-bond acceptors (Lipinski definition) is 2. The van der Waals surface area contributed by atoms with Crippen molar-refractivity contribution in [3.63, 3.8) is 0 Å². The molecule has 0 radical (unpaired) electrons. The number of nitrogens with one attached hydrogen (secondary N) is 1. The molecule has 1 saturated carbocycles. The number of nitrogens with zero attached hydrogens (tertiary/aromatic N) is 1. The molecule has 0 spiro atoms. The van der Waals surface area contributed by atoms with Gasteiger partial charge in [0, 0.05) is 24.1 Å². The average molecular weight is 232 g/mol. The fourth-order valence-corrected chi connectivity index (χ4v) is 2.79. The van der Waals surface area contributed by atoms with Gasteiger partial charge in [0.1, 0.15) is 0 Å². The maximum atomic E-state index is 4.04. The minimum absolute atomic E-state index is 0.474. The van der Waals surface area contributed by atoms with Gasteiger partial charge in [-0.2, -0.15) is 0 Å². The van der Waals surface area contributed by atoms with Gasteiger partial charge in [0.2, 0.25) is 0 Å². The molecule has 17 heavy (non-hydrogen) atoms. The van der Waals surface area contributed by atoms with Gasteiger partial charge in [-0.1, -0.05) is 20.8 Å². The Morgan fingerprint density at radius 2 is 1.65 bits per heavy atom. The minimum atomic E-state index is 0.474. The highest BCUT2D eigenvalue weighted by Crippen LogP contribution is 2.38. The van der Waals surface area contributed by atoms with Crippen molar-refractivity contribution in [3.8, 4) is 0 Å². The lowest BCUT2D eigenvalue weighted by Gasteiger charge is -2.37. The first-order valence-electron chi connectivity index (χ1n) is 6.72. The van der Waals surface area contributed by atoms with Crippen LogP contribution in [0.1, 0.15) is 46.5 Å². The van der Waals surface area contributed by atoms with Crippen LogP contribution in [0.4, 0.5) is 5.69 Å². The molecule has 0 saturated heterocycles. The largest absolute Gasteiger partial charge is 0.382 e. The summed E-state index contributed by atoms with van der Waals surface area (Å²) < 4.78 is 0. The van der Waals surface area contributed by atoms with Crippen LogP contribution in [0.5, 0.6) is 0 Å². The summed E-state index contributed by atoms with van der Waals surface area (Å²) in [5.74, 6) is 0.887. The van der Waals surface area contributed by atoms with E-state index in [1.807, 2.05) is 12.4 Å². The molecule has 0 aromatic carbocycles. The van der Waals surface area contributed by atoms with E-state index < -0.39 is 0 Å². The monoisotopic (exact) mass is 232 g/mol. The Bertz CT molecular complexity index is 332. The van der Waals surface area contributed by atoms with E-state index in [4.69, 9.17) is 0 Å². The van der Waals surface area contributed by atoms with E-state index in [0.29, 0.717) is 11.5 Å². The molecule has 1 fully saturated rings. The molecule has 94 valence electrons. The van der Waals surface area contributed by atoms with E-state index in [0.717, 1.165) is 5.92 Å². The summed E-state index contributed by atoms with van der Waals surface area (Å²) in [5, 5.41) is 3.61. The van der Waals surface area contributed by atoms with Gasteiger partial charge in [-0.05, 0) is 49.1 Å². The number of rotatable bonds is 2. The highest BCUT2D eigenvalue weighted by Gasteiger charge is 2.29. The number of anilines is 1. The first kappa shape index (κ1) is 12.4. The summed E-state index contributed by atoms with van der Waals surface area (Å²) in [5.41, 5.74) is 1.68. The smallest absolute Gasteiger partial charge is 0.0373 e.